The fourth-order valence-corrected chi connectivity index (χ4v) is 3.82. The van der Waals surface area contributed by atoms with Gasteiger partial charge in [-0.15, -0.1) is 0 Å². The van der Waals surface area contributed by atoms with E-state index in [2.05, 4.69) is 14.8 Å². The zero-order chi connectivity index (χ0) is 18.3. The molecule has 140 valence electrons. The van der Waals surface area contributed by atoms with E-state index >= 15 is 0 Å². The first kappa shape index (κ1) is 17.5. The molecule has 2 aromatic rings. The average molecular weight is 369 g/mol. The minimum atomic E-state index is -4.75. The molecule has 0 radical (unpaired) electrons. The maximum Gasteiger partial charge on any atom is 0.419 e. The first-order valence-electron chi connectivity index (χ1n) is 8.68. The Morgan fingerprint density at radius 3 is 2.85 bits per heavy atom. The van der Waals surface area contributed by atoms with Crippen molar-refractivity contribution in [3.8, 4) is 11.5 Å². The van der Waals surface area contributed by atoms with Crippen LogP contribution in [-0.2, 0) is 12.7 Å². The number of piperazine rings is 1. The van der Waals surface area contributed by atoms with E-state index in [1.807, 2.05) is 0 Å². The molecule has 0 aliphatic carbocycles. The molecule has 0 amide bonds. The molecule has 2 aliphatic rings. The Labute approximate surface area is 148 Å². The van der Waals surface area contributed by atoms with Crippen molar-refractivity contribution in [2.75, 3.05) is 26.2 Å². The fraction of sp³-hybridized carbons (Fsp3) is 0.500. The number of nitrogens with zero attached hydrogens (tertiary/aromatic N) is 3. The highest BCUT2D eigenvalue weighted by Gasteiger charge is 2.35. The van der Waals surface area contributed by atoms with E-state index in [1.165, 1.54) is 31.7 Å². The maximum atomic E-state index is 13.4. The van der Waals surface area contributed by atoms with Crippen molar-refractivity contribution < 1.29 is 22.0 Å². The van der Waals surface area contributed by atoms with Crippen LogP contribution in [0.2, 0.25) is 0 Å². The van der Waals surface area contributed by atoms with Crippen molar-refractivity contribution in [1.29, 1.82) is 0 Å². The van der Waals surface area contributed by atoms with Gasteiger partial charge < -0.3 is 4.42 Å². The summed E-state index contributed by atoms with van der Waals surface area (Å²) in [4.78, 5) is 9.09. The van der Waals surface area contributed by atoms with E-state index in [4.69, 9.17) is 4.42 Å². The highest BCUT2D eigenvalue weighted by Crippen LogP contribution is 2.34. The lowest BCUT2D eigenvalue weighted by molar-refractivity contribution is -0.139. The van der Waals surface area contributed by atoms with Crippen molar-refractivity contribution >= 4 is 0 Å². The van der Waals surface area contributed by atoms with Gasteiger partial charge in [0.15, 0.2) is 0 Å². The number of alkyl halides is 3. The number of oxazole rings is 1. The van der Waals surface area contributed by atoms with E-state index < -0.39 is 17.6 Å². The van der Waals surface area contributed by atoms with E-state index in [0.29, 0.717) is 18.3 Å². The van der Waals surface area contributed by atoms with Gasteiger partial charge in [-0.3, -0.25) is 9.80 Å². The van der Waals surface area contributed by atoms with Crippen LogP contribution in [-0.4, -0.2) is 47.0 Å². The monoisotopic (exact) mass is 369 g/mol. The first-order chi connectivity index (χ1) is 12.4. The molecule has 2 saturated heterocycles. The molecule has 1 unspecified atom stereocenters. The van der Waals surface area contributed by atoms with Crippen LogP contribution in [0, 0.1) is 5.82 Å². The van der Waals surface area contributed by atoms with E-state index in [9.17, 15) is 17.6 Å². The normalized spacial score (nSPS) is 21.9. The zero-order valence-electron chi connectivity index (χ0n) is 14.1. The lowest BCUT2D eigenvalue weighted by Crippen LogP contribution is -2.49. The molecule has 0 bridgehead atoms. The summed E-state index contributed by atoms with van der Waals surface area (Å²) in [5, 5.41) is 0. The van der Waals surface area contributed by atoms with Crippen LogP contribution in [0.25, 0.3) is 11.5 Å². The van der Waals surface area contributed by atoms with Crippen molar-refractivity contribution in [2.24, 2.45) is 0 Å². The third-order valence-corrected chi connectivity index (χ3v) is 5.13. The molecule has 3 heterocycles. The van der Waals surface area contributed by atoms with Crippen molar-refractivity contribution in [3.05, 3.63) is 41.5 Å². The molecule has 1 atom stereocenters. The molecular formula is C18H19F4N3O. The van der Waals surface area contributed by atoms with Gasteiger partial charge in [-0.05, 0) is 37.6 Å². The number of hydrogen-bond acceptors (Lipinski definition) is 4. The summed E-state index contributed by atoms with van der Waals surface area (Å²) < 4.78 is 57.4. The summed E-state index contributed by atoms with van der Waals surface area (Å²) in [6.07, 6.45) is -0.849. The molecule has 1 aromatic heterocycles. The SMILES string of the molecule is Fc1ccc(-c2nc(CN3CCN4CCCC4C3)co2)cc1C(F)(F)F. The van der Waals surface area contributed by atoms with Crippen LogP contribution < -0.4 is 0 Å². The van der Waals surface area contributed by atoms with Crippen LogP contribution >= 0.6 is 0 Å². The molecule has 26 heavy (non-hydrogen) atoms. The third-order valence-electron chi connectivity index (χ3n) is 5.13. The lowest BCUT2D eigenvalue weighted by atomic mass is 10.1. The Bertz CT molecular complexity index is 789. The van der Waals surface area contributed by atoms with E-state index in [-0.39, 0.29) is 11.5 Å². The Balaban J connectivity index is 1.48. The Kier molecular flexibility index (Phi) is 4.48. The second-order valence-electron chi connectivity index (χ2n) is 6.90. The minimum Gasteiger partial charge on any atom is -0.444 e. The quantitative estimate of drug-likeness (QED) is 0.771. The maximum absolute atomic E-state index is 13.4. The molecule has 2 fully saturated rings. The smallest absolute Gasteiger partial charge is 0.419 e. The minimum absolute atomic E-state index is 0.0741. The molecule has 0 N–H and O–H groups in total. The summed E-state index contributed by atoms with van der Waals surface area (Å²) in [5.74, 6) is -1.23. The van der Waals surface area contributed by atoms with Gasteiger partial charge in [-0.2, -0.15) is 13.2 Å². The van der Waals surface area contributed by atoms with Crippen LogP contribution in [0.4, 0.5) is 17.6 Å². The Hall–Kier alpha value is -1.93. The van der Waals surface area contributed by atoms with Gasteiger partial charge in [0, 0.05) is 37.8 Å². The number of hydrogen-bond donors (Lipinski definition) is 0. The topological polar surface area (TPSA) is 32.5 Å². The summed E-state index contributed by atoms with van der Waals surface area (Å²) in [7, 11) is 0. The van der Waals surface area contributed by atoms with Crippen molar-refractivity contribution in [2.45, 2.75) is 31.6 Å². The molecule has 4 nitrogen and oxygen atoms in total. The van der Waals surface area contributed by atoms with Gasteiger partial charge in [0.2, 0.25) is 5.89 Å². The zero-order valence-corrected chi connectivity index (χ0v) is 14.1. The predicted molar refractivity (Wildman–Crippen MR) is 86.8 cm³/mol. The van der Waals surface area contributed by atoms with Crippen molar-refractivity contribution in [1.82, 2.24) is 14.8 Å². The number of aromatic nitrogens is 1. The van der Waals surface area contributed by atoms with Gasteiger partial charge in [0.1, 0.15) is 12.1 Å². The number of halogens is 4. The van der Waals surface area contributed by atoms with Gasteiger partial charge in [-0.25, -0.2) is 9.37 Å². The van der Waals surface area contributed by atoms with Gasteiger partial charge in [0.05, 0.1) is 11.3 Å². The van der Waals surface area contributed by atoms with E-state index in [1.54, 1.807) is 0 Å². The van der Waals surface area contributed by atoms with Gasteiger partial charge >= 0.3 is 6.18 Å². The highest BCUT2D eigenvalue weighted by atomic mass is 19.4. The second kappa shape index (κ2) is 6.66. The van der Waals surface area contributed by atoms with Gasteiger partial charge in [0.25, 0.3) is 0 Å². The molecule has 2 aliphatic heterocycles. The molecule has 0 saturated carbocycles. The van der Waals surface area contributed by atoms with Gasteiger partial charge in [-0.1, -0.05) is 0 Å². The molecule has 1 aromatic carbocycles. The number of benzene rings is 1. The second-order valence-corrected chi connectivity index (χ2v) is 6.90. The molecular weight excluding hydrogens is 350 g/mol. The third kappa shape index (κ3) is 3.48. The summed E-state index contributed by atoms with van der Waals surface area (Å²) in [6, 6.07) is 3.36. The number of fused-ring (bicyclic) bond motifs is 1. The van der Waals surface area contributed by atoms with Crippen LogP contribution in [0.3, 0.4) is 0 Å². The summed E-state index contributed by atoms with van der Waals surface area (Å²) in [6.45, 7) is 4.70. The average Bonchev–Trinajstić information content (AvgIpc) is 3.23. The Morgan fingerprint density at radius 2 is 2.04 bits per heavy atom. The predicted octanol–water partition coefficient (Wildman–Crippen LogP) is 3.78. The molecule has 8 heteroatoms. The fourth-order valence-electron chi connectivity index (χ4n) is 3.82. The first-order valence-corrected chi connectivity index (χ1v) is 8.68. The van der Waals surface area contributed by atoms with Crippen LogP contribution in [0.5, 0.6) is 0 Å². The number of rotatable bonds is 3. The van der Waals surface area contributed by atoms with E-state index in [0.717, 1.165) is 31.8 Å². The summed E-state index contributed by atoms with van der Waals surface area (Å²) in [5.41, 5.74) is -0.526. The lowest BCUT2D eigenvalue weighted by Gasteiger charge is -2.37. The highest BCUT2D eigenvalue weighted by molar-refractivity contribution is 5.55. The molecule has 0 spiro atoms. The van der Waals surface area contributed by atoms with Crippen molar-refractivity contribution in [3.63, 3.8) is 0 Å². The Morgan fingerprint density at radius 1 is 1.19 bits per heavy atom. The standard InChI is InChI=1S/C18H19F4N3O/c19-16-4-3-12(8-15(16)18(20,21)22)17-23-13(11-26-17)9-24-6-7-25-5-1-2-14(25)10-24/h3-4,8,11,14H,1-2,5-7,9-10H2. The largest absolute Gasteiger partial charge is 0.444 e. The molecule has 4 rings (SSSR count). The van der Waals surface area contributed by atoms with Crippen LogP contribution in [0.15, 0.2) is 28.9 Å². The summed E-state index contributed by atoms with van der Waals surface area (Å²) >= 11 is 0. The van der Waals surface area contributed by atoms with Crippen LogP contribution in [0.1, 0.15) is 24.1 Å².